The minimum Gasteiger partial charge on any atom is -0.497 e. The third kappa shape index (κ3) is 1.98. The Labute approximate surface area is 101 Å². The van der Waals surface area contributed by atoms with Crippen LogP contribution in [0.2, 0.25) is 0 Å². The van der Waals surface area contributed by atoms with E-state index in [1.165, 1.54) is 7.11 Å². The van der Waals surface area contributed by atoms with E-state index in [9.17, 15) is 8.42 Å². The fourth-order valence-corrected chi connectivity index (χ4v) is 3.91. The van der Waals surface area contributed by atoms with Crippen molar-refractivity contribution in [3.63, 3.8) is 0 Å². The molecule has 1 aromatic rings. The van der Waals surface area contributed by atoms with Gasteiger partial charge in [-0.25, -0.2) is 8.42 Å². The van der Waals surface area contributed by atoms with E-state index in [4.69, 9.17) is 10.5 Å². The minimum absolute atomic E-state index is 0.0557. The fourth-order valence-electron chi connectivity index (χ4n) is 2.04. The van der Waals surface area contributed by atoms with Gasteiger partial charge in [0.2, 0.25) is 0 Å². The second kappa shape index (κ2) is 4.19. The Morgan fingerprint density at radius 2 is 2.24 bits per heavy atom. The number of hydrogen-bond acceptors (Lipinski definition) is 5. The first-order valence-electron chi connectivity index (χ1n) is 5.33. The van der Waals surface area contributed by atoms with Crippen molar-refractivity contribution >= 4 is 15.5 Å². The molecule has 0 saturated heterocycles. The van der Waals surface area contributed by atoms with Crippen LogP contribution in [0.1, 0.15) is 0 Å². The van der Waals surface area contributed by atoms with E-state index < -0.39 is 9.84 Å². The topological polar surface area (TPSA) is 72.6 Å². The molecule has 1 unspecified atom stereocenters. The number of ether oxygens (including phenoxy) is 1. The van der Waals surface area contributed by atoms with Gasteiger partial charge < -0.3 is 15.4 Å². The number of likely N-dealkylation sites (N-methyl/N-ethyl adjacent to an activating group) is 1. The Balaban J connectivity index is 2.59. The lowest BCUT2D eigenvalue weighted by Gasteiger charge is -2.34. The molecule has 1 aliphatic heterocycles. The van der Waals surface area contributed by atoms with Crippen LogP contribution in [-0.4, -0.2) is 40.9 Å². The summed E-state index contributed by atoms with van der Waals surface area (Å²) in [7, 11) is 0.106. The van der Waals surface area contributed by atoms with E-state index in [1.54, 1.807) is 18.2 Å². The highest BCUT2D eigenvalue weighted by Gasteiger charge is 2.33. The zero-order valence-corrected chi connectivity index (χ0v) is 10.7. The minimum atomic E-state index is -3.27. The molecule has 0 spiro atoms. The molecule has 2 N–H and O–H groups in total. The maximum absolute atomic E-state index is 12.1. The predicted octanol–water partition coefficient (Wildman–Crippen LogP) is 0.246. The van der Waals surface area contributed by atoms with Gasteiger partial charge in [0.1, 0.15) is 5.75 Å². The molecule has 0 fully saturated rings. The summed E-state index contributed by atoms with van der Waals surface area (Å²) in [4.78, 5) is 2.24. The summed E-state index contributed by atoms with van der Waals surface area (Å²) in [6.07, 6.45) is 0. The van der Waals surface area contributed by atoms with E-state index >= 15 is 0 Å². The van der Waals surface area contributed by atoms with E-state index in [2.05, 4.69) is 0 Å². The molecule has 6 heteroatoms. The second-order valence-corrected chi connectivity index (χ2v) is 6.12. The maximum Gasteiger partial charge on any atom is 0.182 e. The average Bonchev–Trinajstić information content (AvgIpc) is 2.33. The summed E-state index contributed by atoms with van der Waals surface area (Å²) >= 11 is 0. The van der Waals surface area contributed by atoms with Gasteiger partial charge in [-0.3, -0.25) is 0 Å². The van der Waals surface area contributed by atoms with E-state index in [-0.39, 0.29) is 11.8 Å². The molecule has 0 bridgehead atoms. The Hall–Kier alpha value is -1.27. The third-order valence-corrected chi connectivity index (χ3v) is 4.93. The molecule has 0 radical (unpaired) electrons. The molecule has 1 atom stereocenters. The van der Waals surface area contributed by atoms with Crippen LogP contribution in [-0.2, 0) is 9.84 Å². The number of methoxy groups -OCH3 is 1. The van der Waals surface area contributed by atoms with Crippen molar-refractivity contribution in [2.75, 3.05) is 31.4 Å². The maximum atomic E-state index is 12.1. The van der Waals surface area contributed by atoms with Gasteiger partial charge in [0.25, 0.3) is 0 Å². The van der Waals surface area contributed by atoms with Crippen molar-refractivity contribution in [3.05, 3.63) is 18.2 Å². The molecule has 17 heavy (non-hydrogen) atoms. The summed E-state index contributed by atoms with van der Waals surface area (Å²) in [5.74, 6) is 0.604. The van der Waals surface area contributed by atoms with Crippen LogP contribution in [0, 0.1) is 0 Å². The highest BCUT2D eigenvalue weighted by molar-refractivity contribution is 7.91. The molecule has 1 aromatic carbocycles. The molecule has 0 aliphatic carbocycles. The molecule has 1 heterocycles. The van der Waals surface area contributed by atoms with E-state index in [0.717, 1.165) is 0 Å². The standard InChI is InChI=1S/C11H16N2O3S/c1-13-8(6-12)7-17(14,15)11-5-9(16-2)3-4-10(11)13/h3-5,8H,6-7,12H2,1-2H3. The van der Waals surface area contributed by atoms with Crippen LogP contribution in [0.4, 0.5) is 5.69 Å². The van der Waals surface area contributed by atoms with Crippen molar-refractivity contribution < 1.29 is 13.2 Å². The SMILES string of the molecule is COc1ccc2c(c1)S(=O)(=O)CC(CN)N2C. The van der Waals surface area contributed by atoms with Crippen LogP contribution in [0.5, 0.6) is 5.75 Å². The molecule has 94 valence electrons. The van der Waals surface area contributed by atoms with Crippen LogP contribution < -0.4 is 15.4 Å². The van der Waals surface area contributed by atoms with Crippen LogP contribution in [0.15, 0.2) is 23.1 Å². The van der Waals surface area contributed by atoms with Gasteiger partial charge >= 0.3 is 0 Å². The molecular formula is C11H16N2O3S. The van der Waals surface area contributed by atoms with Crippen LogP contribution in [0.25, 0.3) is 0 Å². The lowest BCUT2D eigenvalue weighted by molar-refractivity contribution is 0.413. The van der Waals surface area contributed by atoms with Crippen LogP contribution >= 0.6 is 0 Å². The Kier molecular flexibility index (Phi) is 3.01. The van der Waals surface area contributed by atoms with Gasteiger partial charge in [0, 0.05) is 19.7 Å². The molecule has 0 saturated carbocycles. The van der Waals surface area contributed by atoms with Crippen molar-refractivity contribution in [3.8, 4) is 5.75 Å². The summed E-state index contributed by atoms with van der Waals surface area (Å²) < 4.78 is 29.3. The predicted molar refractivity (Wildman–Crippen MR) is 66.3 cm³/mol. The van der Waals surface area contributed by atoms with E-state index in [0.29, 0.717) is 22.9 Å². The van der Waals surface area contributed by atoms with Crippen molar-refractivity contribution in [1.82, 2.24) is 0 Å². The first-order chi connectivity index (χ1) is 7.99. The zero-order valence-electron chi connectivity index (χ0n) is 9.88. The summed E-state index contributed by atoms with van der Waals surface area (Å²) in [5, 5.41) is 0. The molecule has 1 aliphatic rings. The fraction of sp³-hybridized carbons (Fsp3) is 0.455. The van der Waals surface area contributed by atoms with Gasteiger partial charge in [-0.2, -0.15) is 0 Å². The van der Waals surface area contributed by atoms with E-state index in [1.807, 2.05) is 11.9 Å². The largest absolute Gasteiger partial charge is 0.497 e. The first-order valence-corrected chi connectivity index (χ1v) is 6.98. The lowest BCUT2D eigenvalue weighted by Crippen LogP contribution is -2.46. The van der Waals surface area contributed by atoms with Gasteiger partial charge in [0.05, 0.1) is 29.5 Å². The summed E-state index contributed by atoms with van der Waals surface area (Å²) in [6.45, 7) is 0.321. The Bertz CT molecular complexity index is 528. The molecule has 0 aromatic heterocycles. The second-order valence-electron chi connectivity index (χ2n) is 4.12. The number of rotatable bonds is 2. The highest BCUT2D eigenvalue weighted by atomic mass is 32.2. The Morgan fingerprint density at radius 1 is 1.53 bits per heavy atom. The number of hydrogen-bond donors (Lipinski definition) is 1. The summed E-state index contributed by atoms with van der Waals surface area (Å²) in [5.41, 5.74) is 6.28. The Morgan fingerprint density at radius 3 is 2.82 bits per heavy atom. The van der Waals surface area contributed by atoms with Gasteiger partial charge in [-0.15, -0.1) is 0 Å². The molecular weight excluding hydrogens is 240 g/mol. The van der Waals surface area contributed by atoms with Crippen LogP contribution in [0.3, 0.4) is 0 Å². The molecule has 2 rings (SSSR count). The van der Waals surface area contributed by atoms with Crippen molar-refractivity contribution in [2.45, 2.75) is 10.9 Å². The number of benzene rings is 1. The van der Waals surface area contributed by atoms with Crippen molar-refractivity contribution in [2.24, 2.45) is 5.73 Å². The summed E-state index contributed by atoms with van der Waals surface area (Å²) in [6, 6.07) is 4.91. The number of nitrogens with zero attached hydrogens (tertiary/aromatic N) is 1. The number of sulfone groups is 1. The van der Waals surface area contributed by atoms with Gasteiger partial charge in [-0.05, 0) is 12.1 Å². The van der Waals surface area contributed by atoms with Gasteiger partial charge in [0.15, 0.2) is 9.84 Å². The smallest absolute Gasteiger partial charge is 0.182 e. The quantitative estimate of drug-likeness (QED) is 0.821. The molecule has 0 amide bonds. The number of nitrogens with two attached hydrogens (primary N) is 1. The highest BCUT2D eigenvalue weighted by Crippen LogP contribution is 2.34. The van der Waals surface area contributed by atoms with Gasteiger partial charge in [-0.1, -0.05) is 0 Å². The lowest BCUT2D eigenvalue weighted by atomic mass is 10.2. The normalized spacial score (nSPS) is 22.1. The zero-order chi connectivity index (χ0) is 12.6. The number of anilines is 1. The number of fused-ring (bicyclic) bond motifs is 1. The third-order valence-electron chi connectivity index (χ3n) is 3.11. The monoisotopic (exact) mass is 256 g/mol. The first kappa shape index (κ1) is 12.2. The van der Waals surface area contributed by atoms with Crippen molar-refractivity contribution in [1.29, 1.82) is 0 Å². The molecule has 5 nitrogen and oxygen atoms in total. The average molecular weight is 256 g/mol.